The molecule has 0 unspecified atom stereocenters. The van der Waals surface area contributed by atoms with Gasteiger partial charge >= 0.3 is 5.97 Å². The van der Waals surface area contributed by atoms with Crippen LogP contribution in [0.5, 0.6) is 5.75 Å². The number of hydrogen-bond donors (Lipinski definition) is 1. The standard InChI is InChI=1S/C26H32N2O3/c1-18-7-10-22(11-8-18)26-27-16-21(4)28(26)17-23-14-20(3)9-12-24(23)31-13-5-6-19(2)15-25(29)30/h7-12,14,16,19H,5-6,13,15,17H2,1-4H3,(H,29,30)/t19-/m1/s1. The molecule has 0 saturated carbocycles. The molecule has 1 N–H and O–H groups in total. The van der Waals surface area contributed by atoms with Gasteiger partial charge in [-0.3, -0.25) is 4.79 Å². The number of nitrogens with zero attached hydrogens (tertiary/aromatic N) is 2. The zero-order chi connectivity index (χ0) is 22.4. The molecule has 1 heterocycles. The molecule has 2 aromatic carbocycles. The van der Waals surface area contributed by atoms with Crippen LogP contribution in [0.3, 0.4) is 0 Å². The number of ether oxygens (including phenoxy) is 1. The van der Waals surface area contributed by atoms with E-state index < -0.39 is 5.97 Å². The smallest absolute Gasteiger partial charge is 0.303 e. The van der Waals surface area contributed by atoms with Crippen LogP contribution >= 0.6 is 0 Å². The molecular weight excluding hydrogens is 388 g/mol. The van der Waals surface area contributed by atoms with Crippen LogP contribution in [-0.4, -0.2) is 27.2 Å². The minimum absolute atomic E-state index is 0.157. The third-order valence-electron chi connectivity index (χ3n) is 5.53. The number of aliphatic carboxylic acids is 1. The molecule has 31 heavy (non-hydrogen) atoms. The van der Waals surface area contributed by atoms with Crippen molar-refractivity contribution in [1.82, 2.24) is 9.55 Å². The molecule has 0 bridgehead atoms. The van der Waals surface area contributed by atoms with Gasteiger partial charge < -0.3 is 14.4 Å². The van der Waals surface area contributed by atoms with Crippen LogP contribution in [-0.2, 0) is 11.3 Å². The molecule has 3 rings (SSSR count). The van der Waals surface area contributed by atoms with Gasteiger partial charge in [-0.25, -0.2) is 4.98 Å². The van der Waals surface area contributed by atoms with Gasteiger partial charge in [-0.2, -0.15) is 0 Å². The Bertz CT molecular complexity index is 1020. The first-order chi connectivity index (χ1) is 14.8. The maximum Gasteiger partial charge on any atom is 0.303 e. The summed E-state index contributed by atoms with van der Waals surface area (Å²) in [5.74, 6) is 1.24. The molecule has 0 amide bonds. The monoisotopic (exact) mass is 420 g/mol. The van der Waals surface area contributed by atoms with Gasteiger partial charge in [0.1, 0.15) is 11.6 Å². The molecule has 0 aliphatic carbocycles. The third kappa shape index (κ3) is 6.20. The van der Waals surface area contributed by atoms with Crippen molar-refractivity contribution in [3.8, 4) is 17.1 Å². The molecular formula is C26H32N2O3. The lowest BCUT2D eigenvalue weighted by Gasteiger charge is -2.16. The van der Waals surface area contributed by atoms with Crippen molar-refractivity contribution in [2.45, 2.75) is 53.5 Å². The molecule has 0 fully saturated rings. The Hall–Kier alpha value is -3.08. The lowest BCUT2D eigenvalue weighted by atomic mass is 10.0. The number of carboxylic acid groups (broad SMARTS) is 1. The lowest BCUT2D eigenvalue weighted by molar-refractivity contribution is -0.138. The van der Waals surface area contributed by atoms with Crippen molar-refractivity contribution >= 4 is 5.97 Å². The highest BCUT2D eigenvalue weighted by Crippen LogP contribution is 2.26. The third-order valence-corrected chi connectivity index (χ3v) is 5.53. The topological polar surface area (TPSA) is 64.4 Å². The van der Waals surface area contributed by atoms with E-state index in [9.17, 15) is 4.79 Å². The van der Waals surface area contributed by atoms with Gasteiger partial charge in [0.2, 0.25) is 0 Å². The van der Waals surface area contributed by atoms with Crippen LogP contribution in [0.1, 0.15) is 48.6 Å². The molecule has 3 aromatic rings. The number of rotatable bonds is 10. The Morgan fingerprint density at radius 1 is 1.10 bits per heavy atom. The molecule has 5 heteroatoms. The summed E-state index contributed by atoms with van der Waals surface area (Å²) in [4.78, 5) is 15.5. The van der Waals surface area contributed by atoms with E-state index in [4.69, 9.17) is 9.84 Å². The van der Waals surface area contributed by atoms with E-state index >= 15 is 0 Å². The summed E-state index contributed by atoms with van der Waals surface area (Å²) in [6, 6.07) is 14.7. The van der Waals surface area contributed by atoms with Crippen molar-refractivity contribution in [2.75, 3.05) is 6.61 Å². The van der Waals surface area contributed by atoms with Crippen LogP contribution in [0.15, 0.2) is 48.7 Å². The summed E-state index contributed by atoms with van der Waals surface area (Å²) < 4.78 is 8.34. The second-order valence-corrected chi connectivity index (χ2v) is 8.48. The fraction of sp³-hybridized carbons (Fsp3) is 0.385. The van der Waals surface area contributed by atoms with Gasteiger partial charge in [-0.15, -0.1) is 0 Å². The van der Waals surface area contributed by atoms with Crippen molar-refractivity contribution in [3.05, 3.63) is 71.0 Å². The van der Waals surface area contributed by atoms with Crippen molar-refractivity contribution in [3.63, 3.8) is 0 Å². The highest BCUT2D eigenvalue weighted by molar-refractivity contribution is 5.66. The molecule has 0 aliphatic heterocycles. The summed E-state index contributed by atoms with van der Waals surface area (Å²) in [5, 5.41) is 8.91. The summed E-state index contributed by atoms with van der Waals surface area (Å²) in [6.45, 7) is 9.47. The lowest BCUT2D eigenvalue weighted by Crippen LogP contribution is -2.09. The molecule has 0 radical (unpaired) electrons. The van der Waals surface area contributed by atoms with Gasteiger partial charge in [-0.1, -0.05) is 54.4 Å². The second-order valence-electron chi connectivity index (χ2n) is 8.48. The molecule has 1 aromatic heterocycles. The molecule has 164 valence electrons. The first-order valence-electron chi connectivity index (χ1n) is 10.9. The maximum absolute atomic E-state index is 10.8. The maximum atomic E-state index is 10.8. The van der Waals surface area contributed by atoms with Gasteiger partial charge in [-0.05, 0) is 45.6 Å². The Balaban J connectivity index is 1.74. The van der Waals surface area contributed by atoms with Crippen LogP contribution in [0.4, 0.5) is 0 Å². The first kappa shape index (κ1) is 22.6. The van der Waals surface area contributed by atoms with E-state index in [1.165, 1.54) is 11.1 Å². The SMILES string of the molecule is Cc1ccc(-c2ncc(C)n2Cc2cc(C)ccc2OCCC[C@@H](C)CC(=O)O)cc1. The average Bonchev–Trinajstić information content (AvgIpc) is 3.07. The fourth-order valence-electron chi connectivity index (χ4n) is 3.75. The Kier molecular flexibility index (Phi) is 7.50. The van der Waals surface area contributed by atoms with E-state index in [-0.39, 0.29) is 12.3 Å². The van der Waals surface area contributed by atoms with Crippen molar-refractivity contribution in [2.24, 2.45) is 5.92 Å². The minimum Gasteiger partial charge on any atom is -0.493 e. The number of carboxylic acids is 1. The van der Waals surface area contributed by atoms with Crippen molar-refractivity contribution in [1.29, 1.82) is 0 Å². The minimum atomic E-state index is -0.741. The predicted octanol–water partition coefficient (Wildman–Crippen LogP) is 5.79. The summed E-state index contributed by atoms with van der Waals surface area (Å²) in [6.07, 6.45) is 3.79. The van der Waals surface area contributed by atoms with E-state index in [1.807, 2.05) is 19.2 Å². The van der Waals surface area contributed by atoms with E-state index in [0.29, 0.717) is 13.2 Å². The largest absolute Gasteiger partial charge is 0.493 e. The molecule has 1 atom stereocenters. The molecule has 5 nitrogen and oxygen atoms in total. The zero-order valence-electron chi connectivity index (χ0n) is 18.9. The highest BCUT2D eigenvalue weighted by atomic mass is 16.5. The first-order valence-corrected chi connectivity index (χ1v) is 10.9. The summed E-state index contributed by atoms with van der Waals surface area (Å²) in [7, 11) is 0. The Labute approximate surface area is 184 Å². The van der Waals surface area contributed by atoms with Gasteiger partial charge in [0.15, 0.2) is 0 Å². The van der Waals surface area contributed by atoms with Crippen molar-refractivity contribution < 1.29 is 14.6 Å². The van der Waals surface area contributed by atoms with Gasteiger partial charge in [0.25, 0.3) is 0 Å². The number of hydrogen-bond acceptors (Lipinski definition) is 3. The van der Waals surface area contributed by atoms with E-state index in [2.05, 4.69) is 66.7 Å². The normalized spacial score (nSPS) is 12.0. The van der Waals surface area contributed by atoms with Crippen LogP contribution < -0.4 is 4.74 Å². The van der Waals surface area contributed by atoms with Crippen LogP contribution in [0, 0.1) is 26.7 Å². The second kappa shape index (κ2) is 10.3. The van der Waals surface area contributed by atoms with E-state index in [0.717, 1.165) is 41.2 Å². The number of carbonyl (C=O) groups is 1. The fourth-order valence-corrected chi connectivity index (χ4v) is 3.75. The van der Waals surface area contributed by atoms with Crippen LogP contribution in [0.2, 0.25) is 0 Å². The average molecular weight is 421 g/mol. The zero-order valence-corrected chi connectivity index (χ0v) is 18.9. The summed E-state index contributed by atoms with van der Waals surface area (Å²) >= 11 is 0. The summed E-state index contributed by atoms with van der Waals surface area (Å²) in [5.41, 5.74) is 5.73. The quantitative estimate of drug-likeness (QED) is 0.421. The number of aryl methyl sites for hydroxylation is 3. The number of benzene rings is 2. The Morgan fingerprint density at radius 2 is 1.81 bits per heavy atom. The molecule has 0 spiro atoms. The number of aromatic nitrogens is 2. The van der Waals surface area contributed by atoms with Gasteiger partial charge in [0.05, 0.1) is 13.2 Å². The van der Waals surface area contributed by atoms with Gasteiger partial charge in [0, 0.05) is 29.4 Å². The van der Waals surface area contributed by atoms with E-state index in [1.54, 1.807) is 0 Å². The predicted molar refractivity (Wildman–Crippen MR) is 124 cm³/mol. The molecule has 0 aliphatic rings. The van der Waals surface area contributed by atoms with Crippen LogP contribution in [0.25, 0.3) is 11.4 Å². The highest BCUT2D eigenvalue weighted by Gasteiger charge is 2.13. The number of imidazole rings is 1. The Morgan fingerprint density at radius 3 is 2.52 bits per heavy atom. The molecule has 0 saturated heterocycles.